The van der Waals surface area contributed by atoms with Crippen molar-refractivity contribution in [3.05, 3.63) is 64.7 Å². The van der Waals surface area contributed by atoms with Crippen LogP contribution in [0.15, 0.2) is 48.5 Å². The Balaban J connectivity index is 2.03. The first-order valence-electron chi connectivity index (χ1n) is 6.43. The summed E-state index contributed by atoms with van der Waals surface area (Å²) in [5.74, 6) is -0.209. The van der Waals surface area contributed by atoms with Gasteiger partial charge in [-0.15, -0.1) is 0 Å². The van der Waals surface area contributed by atoms with Gasteiger partial charge in [-0.3, -0.25) is 4.79 Å². The van der Waals surface area contributed by atoms with Crippen LogP contribution in [0.1, 0.15) is 11.1 Å². The van der Waals surface area contributed by atoms with Gasteiger partial charge in [0.1, 0.15) is 0 Å². The monoisotopic (exact) mass is 288 g/mol. The zero-order chi connectivity index (χ0) is 14.5. The lowest BCUT2D eigenvalue weighted by Gasteiger charge is -2.14. The molecule has 2 rings (SSSR count). The van der Waals surface area contributed by atoms with Crippen LogP contribution in [0.25, 0.3) is 0 Å². The highest BCUT2D eigenvalue weighted by atomic mass is 35.5. The van der Waals surface area contributed by atoms with Crippen LogP contribution in [0.4, 0.5) is 5.69 Å². The Morgan fingerprint density at radius 3 is 2.60 bits per heavy atom. The van der Waals surface area contributed by atoms with Crippen molar-refractivity contribution < 1.29 is 4.79 Å². The number of amides is 1. The maximum atomic E-state index is 12.1. The molecule has 0 bridgehead atoms. The van der Waals surface area contributed by atoms with Gasteiger partial charge in [0.15, 0.2) is 0 Å². The second-order valence-corrected chi connectivity index (χ2v) is 5.11. The molecule has 0 aromatic heterocycles. The number of halogens is 1. The summed E-state index contributed by atoms with van der Waals surface area (Å²) in [4.78, 5) is 12.1. The van der Waals surface area contributed by atoms with Crippen LogP contribution in [0.2, 0.25) is 5.02 Å². The Hall–Kier alpha value is -1.84. The molecule has 0 radical (unpaired) electrons. The summed E-state index contributed by atoms with van der Waals surface area (Å²) in [6.45, 7) is 1.86. The molecule has 0 aliphatic carbocycles. The molecule has 2 aromatic rings. The largest absolute Gasteiger partial charge is 0.324 e. The fourth-order valence-electron chi connectivity index (χ4n) is 1.93. The van der Waals surface area contributed by atoms with Gasteiger partial charge in [0.2, 0.25) is 5.91 Å². The van der Waals surface area contributed by atoms with Crippen LogP contribution in [0.3, 0.4) is 0 Å². The molecule has 0 spiro atoms. The summed E-state index contributed by atoms with van der Waals surface area (Å²) in [7, 11) is 0. The van der Waals surface area contributed by atoms with Crippen molar-refractivity contribution in [2.45, 2.75) is 19.4 Å². The maximum absolute atomic E-state index is 12.1. The first-order chi connectivity index (χ1) is 9.58. The number of hydrogen-bond acceptors (Lipinski definition) is 2. The third-order valence-corrected chi connectivity index (χ3v) is 3.57. The van der Waals surface area contributed by atoms with Gasteiger partial charge in [0.25, 0.3) is 0 Å². The summed E-state index contributed by atoms with van der Waals surface area (Å²) in [5.41, 5.74) is 8.52. The van der Waals surface area contributed by atoms with E-state index in [-0.39, 0.29) is 5.91 Å². The van der Waals surface area contributed by atoms with Crippen LogP contribution in [-0.2, 0) is 11.2 Å². The summed E-state index contributed by atoms with van der Waals surface area (Å²) < 4.78 is 0. The minimum Gasteiger partial charge on any atom is -0.324 e. The first-order valence-corrected chi connectivity index (χ1v) is 6.81. The molecule has 2 aromatic carbocycles. The average Bonchev–Trinajstić information content (AvgIpc) is 2.45. The molecule has 3 N–H and O–H groups in total. The predicted molar refractivity (Wildman–Crippen MR) is 82.9 cm³/mol. The average molecular weight is 289 g/mol. The molecule has 20 heavy (non-hydrogen) atoms. The van der Waals surface area contributed by atoms with Crippen molar-refractivity contribution in [2.75, 3.05) is 5.32 Å². The molecule has 0 aliphatic rings. The standard InChI is InChI=1S/C16H17ClN2O/c1-11-13(17)8-5-9-15(11)19-16(20)14(18)10-12-6-3-2-4-7-12/h2-9,14H,10,18H2,1H3,(H,19,20)/t14-/m1/s1. The molecule has 104 valence electrons. The quantitative estimate of drug-likeness (QED) is 0.908. The molecule has 0 saturated heterocycles. The van der Waals surface area contributed by atoms with Crippen LogP contribution in [-0.4, -0.2) is 11.9 Å². The van der Waals surface area contributed by atoms with Crippen molar-refractivity contribution in [1.29, 1.82) is 0 Å². The third kappa shape index (κ3) is 3.59. The van der Waals surface area contributed by atoms with Crippen LogP contribution in [0.5, 0.6) is 0 Å². The van der Waals surface area contributed by atoms with Crippen molar-refractivity contribution in [2.24, 2.45) is 5.73 Å². The zero-order valence-corrected chi connectivity index (χ0v) is 12.0. The molecular weight excluding hydrogens is 272 g/mol. The molecule has 4 heteroatoms. The lowest BCUT2D eigenvalue weighted by molar-refractivity contribution is -0.117. The van der Waals surface area contributed by atoms with Gasteiger partial charge >= 0.3 is 0 Å². The number of nitrogens with one attached hydrogen (secondary N) is 1. The van der Waals surface area contributed by atoms with Crippen molar-refractivity contribution in [3.63, 3.8) is 0 Å². The van der Waals surface area contributed by atoms with Crippen molar-refractivity contribution >= 4 is 23.2 Å². The van der Waals surface area contributed by atoms with E-state index in [4.69, 9.17) is 17.3 Å². The van der Waals surface area contributed by atoms with Gasteiger partial charge in [0, 0.05) is 10.7 Å². The number of anilines is 1. The fourth-order valence-corrected chi connectivity index (χ4v) is 2.10. The SMILES string of the molecule is Cc1c(Cl)cccc1NC(=O)[C@H](N)Cc1ccccc1. The summed E-state index contributed by atoms with van der Waals surface area (Å²) >= 11 is 6.02. The Bertz CT molecular complexity index is 599. The summed E-state index contributed by atoms with van der Waals surface area (Å²) in [6, 6.07) is 14.5. The molecule has 0 heterocycles. The number of carbonyl (C=O) groups is 1. The summed E-state index contributed by atoms with van der Waals surface area (Å²) in [5, 5.41) is 3.45. The highest BCUT2D eigenvalue weighted by Gasteiger charge is 2.15. The molecule has 1 amide bonds. The number of carbonyl (C=O) groups excluding carboxylic acids is 1. The topological polar surface area (TPSA) is 55.1 Å². The lowest BCUT2D eigenvalue weighted by atomic mass is 10.1. The third-order valence-electron chi connectivity index (χ3n) is 3.16. The highest BCUT2D eigenvalue weighted by molar-refractivity contribution is 6.31. The van der Waals surface area contributed by atoms with Crippen LogP contribution >= 0.6 is 11.6 Å². The zero-order valence-electron chi connectivity index (χ0n) is 11.3. The molecule has 1 atom stereocenters. The van der Waals surface area contributed by atoms with Gasteiger partial charge in [-0.2, -0.15) is 0 Å². The minimum atomic E-state index is -0.587. The van der Waals surface area contributed by atoms with Gasteiger partial charge in [-0.25, -0.2) is 0 Å². The Morgan fingerprint density at radius 1 is 1.20 bits per heavy atom. The van der Waals surface area contributed by atoms with Gasteiger partial charge in [-0.05, 0) is 36.6 Å². The van der Waals surface area contributed by atoms with E-state index in [1.165, 1.54) is 0 Å². The number of hydrogen-bond donors (Lipinski definition) is 2. The molecule has 0 aliphatic heterocycles. The maximum Gasteiger partial charge on any atom is 0.241 e. The Labute approximate surface area is 123 Å². The van der Waals surface area contributed by atoms with Gasteiger partial charge in [-0.1, -0.05) is 48.0 Å². The van der Waals surface area contributed by atoms with E-state index >= 15 is 0 Å². The van der Waals surface area contributed by atoms with Crippen molar-refractivity contribution in [3.8, 4) is 0 Å². The predicted octanol–water partition coefficient (Wildman–Crippen LogP) is 3.16. The normalized spacial score (nSPS) is 11.9. The van der Waals surface area contributed by atoms with Crippen LogP contribution in [0, 0.1) is 6.92 Å². The Morgan fingerprint density at radius 2 is 1.90 bits per heavy atom. The van der Waals surface area contributed by atoms with E-state index in [1.54, 1.807) is 12.1 Å². The highest BCUT2D eigenvalue weighted by Crippen LogP contribution is 2.23. The van der Waals surface area contributed by atoms with E-state index in [9.17, 15) is 4.79 Å². The van der Waals surface area contributed by atoms with E-state index < -0.39 is 6.04 Å². The molecule has 0 fully saturated rings. The first kappa shape index (κ1) is 14.6. The second kappa shape index (κ2) is 6.55. The summed E-state index contributed by atoms with van der Waals surface area (Å²) in [6.07, 6.45) is 0.506. The van der Waals surface area contributed by atoms with Crippen molar-refractivity contribution in [1.82, 2.24) is 0 Å². The Kier molecular flexibility index (Phi) is 4.77. The van der Waals surface area contributed by atoms with Gasteiger partial charge in [0.05, 0.1) is 6.04 Å². The smallest absolute Gasteiger partial charge is 0.241 e. The van der Waals surface area contributed by atoms with E-state index in [0.29, 0.717) is 17.1 Å². The van der Waals surface area contributed by atoms with Crippen LogP contribution < -0.4 is 11.1 Å². The van der Waals surface area contributed by atoms with Gasteiger partial charge < -0.3 is 11.1 Å². The van der Waals surface area contributed by atoms with E-state index in [0.717, 1.165) is 11.1 Å². The molecule has 0 saturated carbocycles. The van der Waals surface area contributed by atoms with E-state index in [2.05, 4.69) is 5.32 Å². The second-order valence-electron chi connectivity index (χ2n) is 4.70. The number of benzene rings is 2. The fraction of sp³-hybridized carbons (Fsp3) is 0.188. The minimum absolute atomic E-state index is 0.209. The number of nitrogens with two attached hydrogens (primary N) is 1. The lowest BCUT2D eigenvalue weighted by Crippen LogP contribution is -2.37. The molecular formula is C16H17ClN2O. The molecule has 0 unspecified atom stereocenters. The molecule has 3 nitrogen and oxygen atoms in total. The van der Waals surface area contributed by atoms with E-state index in [1.807, 2.05) is 43.3 Å². The number of rotatable bonds is 4.